The molecule has 0 aliphatic carbocycles. The minimum atomic E-state index is -0.504. The number of anilines is 1. The van der Waals surface area contributed by atoms with Crippen LogP contribution in [0.25, 0.3) is 11.5 Å². The second-order valence-corrected chi connectivity index (χ2v) is 6.71. The number of hydrogen-bond acceptors (Lipinski definition) is 5. The third-order valence-electron chi connectivity index (χ3n) is 4.86. The third-order valence-corrected chi connectivity index (χ3v) is 4.86. The minimum Gasteiger partial charge on any atom is -0.388 e. The van der Waals surface area contributed by atoms with Gasteiger partial charge in [-0.05, 0) is 42.8 Å². The van der Waals surface area contributed by atoms with Crippen LogP contribution >= 0.6 is 0 Å². The summed E-state index contributed by atoms with van der Waals surface area (Å²) in [6.45, 7) is 5.95. The van der Waals surface area contributed by atoms with Gasteiger partial charge in [0.05, 0.1) is 0 Å². The molecular weight excluding hydrogens is 347 g/mol. The molecule has 140 valence electrons. The average Bonchev–Trinajstić information content (AvgIpc) is 3.04. The van der Waals surface area contributed by atoms with Crippen molar-refractivity contribution in [1.82, 2.24) is 14.7 Å². The summed E-state index contributed by atoms with van der Waals surface area (Å²) in [6.07, 6.45) is 0. The van der Waals surface area contributed by atoms with Crippen LogP contribution < -0.4 is 10.7 Å². The van der Waals surface area contributed by atoms with E-state index in [-0.39, 0.29) is 11.7 Å². The normalized spacial score (nSPS) is 15.3. The van der Waals surface area contributed by atoms with Crippen LogP contribution in [0.15, 0.2) is 57.7 Å². The topological polar surface area (TPSA) is 54.5 Å². The van der Waals surface area contributed by atoms with E-state index in [1.807, 2.05) is 6.07 Å². The van der Waals surface area contributed by atoms with Crippen LogP contribution in [0.4, 0.5) is 10.1 Å². The van der Waals surface area contributed by atoms with Crippen LogP contribution in [0.3, 0.4) is 0 Å². The molecule has 6 nitrogen and oxygen atoms in total. The van der Waals surface area contributed by atoms with E-state index in [9.17, 15) is 9.18 Å². The van der Waals surface area contributed by atoms with Crippen molar-refractivity contribution in [3.8, 4) is 11.5 Å². The number of nitrogens with zero attached hydrogens (tertiary/aromatic N) is 4. The number of aromatic nitrogens is 2. The van der Waals surface area contributed by atoms with Crippen molar-refractivity contribution in [2.75, 3.05) is 31.1 Å². The number of benzene rings is 2. The van der Waals surface area contributed by atoms with Gasteiger partial charge in [0.15, 0.2) is 0 Å². The van der Waals surface area contributed by atoms with E-state index in [1.165, 1.54) is 28.1 Å². The van der Waals surface area contributed by atoms with Crippen LogP contribution in [-0.4, -0.2) is 40.9 Å². The molecule has 1 saturated heterocycles. The Hall–Kier alpha value is -2.93. The SMILES string of the molecule is Cc1ccccc1N1CCN(Cn2nc(-c3ccc(F)cc3)oc2=O)CC1. The lowest BCUT2D eigenvalue weighted by atomic mass is 10.1. The fourth-order valence-corrected chi connectivity index (χ4v) is 3.34. The second-order valence-electron chi connectivity index (χ2n) is 6.71. The van der Waals surface area contributed by atoms with Crippen LogP contribution in [0, 0.1) is 12.7 Å². The lowest BCUT2D eigenvalue weighted by Gasteiger charge is -2.36. The van der Waals surface area contributed by atoms with E-state index in [0.29, 0.717) is 12.2 Å². The molecule has 0 bridgehead atoms. The van der Waals surface area contributed by atoms with Crippen molar-refractivity contribution in [1.29, 1.82) is 0 Å². The summed E-state index contributed by atoms with van der Waals surface area (Å²) in [7, 11) is 0. The zero-order valence-electron chi connectivity index (χ0n) is 15.1. The highest BCUT2D eigenvalue weighted by atomic mass is 19.1. The highest BCUT2D eigenvalue weighted by molar-refractivity contribution is 5.53. The zero-order valence-corrected chi connectivity index (χ0v) is 15.1. The van der Waals surface area contributed by atoms with E-state index in [4.69, 9.17) is 4.42 Å². The van der Waals surface area contributed by atoms with Crippen LogP contribution in [0.5, 0.6) is 0 Å². The second kappa shape index (κ2) is 7.36. The number of rotatable bonds is 4. The van der Waals surface area contributed by atoms with Gasteiger partial charge in [-0.25, -0.2) is 9.18 Å². The first-order valence-corrected chi connectivity index (χ1v) is 8.97. The highest BCUT2D eigenvalue weighted by Crippen LogP contribution is 2.21. The molecule has 1 fully saturated rings. The van der Waals surface area contributed by atoms with Crippen molar-refractivity contribution in [3.05, 3.63) is 70.5 Å². The van der Waals surface area contributed by atoms with E-state index in [2.05, 4.69) is 40.0 Å². The van der Waals surface area contributed by atoms with Gasteiger partial charge in [0.25, 0.3) is 0 Å². The number of piperazine rings is 1. The molecule has 0 saturated carbocycles. The lowest BCUT2D eigenvalue weighted by Crippen LogP contribution is -2.47. The Morgan fingerprint density at radius 3 is 2.44 bits per heavy atom. The van der Waals surface area contributed by atoms with Crippen LogP contribution in [0.2, 0.25) is 0 Å². The van der Waals surface area contributed by atoms with Crippen molar-refractivity contribution < 1.29 is 8.81 Å². The first kappa shape index (κ1) is 17.5. The van der Waals surface area contributed by atoms with Gasteiger partial charge in [-0.1, -0.05) is 18.2 Å². The molecule has 1 aromatic heterocycles. The van der Waals surface area contributed by atoms with Gasteiger partial charge < -0.3 is 9.32 Å². The zero-order chi connectivity index (χ0) is 18.8. The summed E-state index contributed by atoms with van der Waals surface area (Å²) in [5.41, 5.74) is 3.11. The predicted molar refractivity (Wildman–Crippen MR) is 101 cm³/mol. The Morgan fingerprint density at radius 1 is 1.04 bits per heavy atom. The predicted octanol–water partition coefficient (Wildman–Crippen LogP) is 2.73. The van der Waals surface area contributed by atoms with Gasteiger partial charge >= 0.3 is 5.76 Å². The maximum absolute atomic E-state index is 13.0. The van der Waals surface area contributed by atoms with Crippen LogP contribution in [0.1, 0.15) is 5.56 Å². The van der Waals surface area contributed by atoms with Gasteiger partial charge in [-0.3, -0.25) is 4.90 Å². The summed E-state index contributed by atoms with van der Waals surface area (Å²) in [4.78, 5) is 16.6. The van der Waals surface area contributed by atoms with Gasteiger partial charge in [-0.2, -0.15) is 4.68 Å². The van der Waals surface area contributed by atoms with E-state index in [1.54, 1.807) is 12.1 Å². The first-order valence-electron chi connectivity index (χ1n) is 8.97. The molecule has 7 heteroatoms. The molecule has 4 rings (SSSR count). The maximum atomic E-state index is 13.0. The molecule has 1 aliphatic heterocycles. The fraction of sp³-hybridized carbons (Fsp3) is 0.300. The highest BCUT2D eigenvalue weighted by Gasteiger charge is 2.20. The van der Waals surface area contributed by atoms with Crippen molar-refractivity contribution in [2.24, 2.45) is 0 Å². The molecule has 0 amide bonds. The van der Waals surface area contributed by atoms with E-state index in [0.717, 1.165) is 26.2 Å². The average molecular weight is 368 g/mol. The Morgan fingerprint density at radius 2 is 1.74 bits per heavy atom. The van der Waals surface area contributed by atoms with E-state index >= 15 is 0 Å². The molecule has 2 aromatic carbocycles. The largest absolute Gasteiger partial charge is 0.438 e. The summed E-state index contributed by atoms with van der Waals surface area (Å²) < 4.78 is 19.6. The molecule has 2 heterocycles. The summed E-state index contributed by atoms with van der Waals surface area (Å²) in [5.74, 6) is -0.638. The molecule has 0 spiro atoms. The molecule has 1 aliphatic rings. The Labute approximate surface area is 156 Å². The lowest BCUT2D eigenvalue weighted by molar-refractivity contribution is 0.189. The standard InChI is InChI=1S/C20H21FN4O2/c1-15-4-2-3-5-18(15)24-12-10-23(11-13-24)14-25-20(26)27-19(22-25)16-6-8-17(21)9-7-16/h2-9H,10-14H2,1H3. The molecular formula is C20H21FN4O2. The van der Waals surface area contributed by atoms with Crippen molar-refractivity contribution in [2.45, 2.75) is 13.6 Å². The van der Waals surface area contributed by atoms with Crippen LogP contribution in [-0.2, 0) is 6.67 Å². The monoisotopic (exact) mass is 368 g/mol. The quantitative estimate of drug-likeness (QED) is 0.709. The molecule has 3 aromatic rings. The van der Waals surface area contributed by atoms with Gasteiger partial charge in [0.1, 0.15) is 12.5 Å². The molecule has 0 N–H and O–H groups in total. The Kier molecular flexibility index (Phi) is 4.77. The number of halogens is 1. The van der Waals surface area contributed by atoms with Gasteiger partial charge in [0, 0.05) is 37.4 Å². The fourth-order valence-electron chi connectivity index (χ4n) is 3.34. The smallest absolute Gasteiger partial charge is 0.388 e. The molecule has 27 heavy (non-hydrogen) atoms. The molecule has 0 unspecified atom stereocenters. The van der Waals surface area contributed by atoms with Gasteiger partial charge in [-0.15, -0.1) is 5.10 Å². The number of hydrogen-bond donors (Lipinski definition) is 0. The summed E-state index contributed by atoms with van der Waals surface area (Å²) in [6, 6.07) is 14.1. The number of para-hydroxylation sites is 1. The Balaban J connectivity index is 1.41. The van der Waals surface area contributed by atoms with Crippen molar-refractivity contribution in [3.63, 3.8) is 0 Å². The van der Waals surface area contributed by atoms with Gasteiger partial charge in [0.2, 0.25) is 5.89 Å². The summed E-state index contributed by atoms with van der Waals surface area (Å²) in [5, 5.41) is 4.25. The van der Waals surface area contributed by atoms with Crippen molar-refractivity contribution >= 4 is 5.69 Å². The number of aryl methyl sites for hydroxylation is 1. The Bertz CT molecular complexity index is 972. The van der Waals surface area contributed by atoms with E-state index < -0.39 is 5.76 Å². The first-order chi connectivity index (χ1) is 13.1. The minimum absolute atomic E-state index is 0.207. The molecule has 0 radical (unpaired) electrons. The molecule has 0 atom stereocenters. The third kappa shape index (κ3) is 3.78. The maximum Gasteiger partial charge on any atom is 0.438 e. The summed E-state index contributed by atoms with van der Waals surface area (Å²) >= 11 is 0.